The standard InChI is InChI=1S/C16H23N3O3/c1-3-7-19-13(11-4-5-11)12(9-17-19)14(20)18-8-6-16(2,10-18)15(21)22/h9,11H,3-8,10H2,1-2H3,(H,21,22). The van der Waals surface area contributed by atoms with E-state index in [1.807, 2.05) is 4.68 Å². The second kappa shape index (κ2) is 5.41. The fourth-order valence-electron chi connectivity index (χ4n) is 3.22. The molecule has 3 rings (SSSR count). The summed E-state index contributed by atoms with van der Waals surface area (Å²) in [6.45, 7) is 5.42. The maximum Gasteiger partial charge on any atom is 0.311 e. The predicted octanol–water partition coefficient (Wildman–Crippen LogP) is 2.11. The van der Waals surface area contributed by atoms with Crippen LogP contribution in [0.2, 0.25) is 0 Å². The number of amides is 1. The van der Waals surface area contributed by atoms with Gasteiger partial charge in [0.25, 0.3) is 5.91 Å². The third kappa shape index (κ3) is 2.51. The molecule has 0 spiro atoms. The van der Waals surface area contributed by atoms with Crippen LogP contribution in [0.25, 0.3) is 0 Å². The SMILES string of the molecule is CCCn1ncc(C(=O)N2CCC(C)(C(=O)O)C2)c1C1CC1. The first-order valence-electron chi connectivity index (χ1n) is 8.04. The Morgan fingerprint density at radius 3 is 2.73 bits per heavy atom. The van der Waals surface area contributed by atoms with Gasteiger partial charge in [-0.3, -0.25) is 14.3 Å². The first-order chi connectivity index (χ1) is 10.5. The second-order valence-corrected chi connectivity index (χ2v) is 6.78. The van der Waals surface area contributed by atoms with Gasteiger partial charge in [-0.1, -0.05) is 6.92 Å². The molecule has 1 aromatic rings. The lowest BCUT2D eigenvalue weighted by atomic mass is 9.90. The lowest BCUT2D eigenvalue weighted by molar-refractivity contribution is -0.147. The molecule has 0 radical (unpaired) electrons. The lowest BCUT2D eigenvalue weighted by Crippen LogP contribution is -2.35. The van der Waals surface area contributed by atoms with Crippen molar-refractivity contribution in [2.24, 2.45) is 5.41 Å². The number of carboxylic acids is 1. The largest absolute Gasteiger partial charge is 0.481 e. The van der Waals surface area contributed by atoms with E-state index in [9.17, 15) is 14.7 Å². The molecule has 2 fully saturated rings. The Balaban J connectivity index is 1.83. The molecular weight excluding hydrogens is 282 g/mol. The van der Waals surface area contributed by atoms with Crippen LogP contribution in [0.3, 0.4) is 0 Å². The first kappa shape index (κ1) is 15.1. The number of carbonyl (C=O) groups is 2. The minimum absolute atomic E-state index is 0.0609. The highest BCUT2D eigenvalue weighted by Gasteiger charge is 2.43. The number of hydrogen-bond acceptors (Lipinski definition) is 3. The van der Waals surface area contributed by atoms with Gasteiger partial charge in [-0.05, 0) is 32.6 Å². The van der Waals surface area contributed by atoms with Crippen molar-refractivity contribution in [3.63, 3.8) is 0 Å². The number of aliphatic carboxylic acids is 1. The predicted molar refractivity (Wildman–Crippen MR) is 80.8 cm³/mol. The van der Waals surface area contributed by atoms with Gasteiger partial charge in [-0.25, -0.2) is 0 Å². The van der Waals surface area contributed by atoms with Crippen LogP contribution >= 0.6 is 0 Å². The Hall–Kier alpha value is -1.85. The Morgan fingerprint density at radius 1 is 1.45 bits per heavy atom. The maximum atomic E-state index is 12.8. The van der Waals surface area contributed by atoms with Crippen molar-refractivity contribution < 1.29 is 14.7 Å². The molecule has 1 atom stereocenters. The zero-order chi connectivity index (χ0) is 15.9. The number of aromatic nitrogens is 2. The summed E-state index contributed by atoms with van der Waals surface area (Å²) in [5.41, 5.74) is 0.899. The minimum atomic E-state index is -0.827. The summed E-state index contributed by atoms with van der Waals surface area (Å²) in [6.07, 6.45) is 5.39. The molecule has 0 aromatic carbocycles. The van der Waals surface area contributed by atoms with Crippen molar-refractivity contribution in [2.45, 2.75) is 52.0 Å². The van der Waals surface area contributed by atoms with Crippen molar-refractivity contribution in [3.05, 3.63) is 17.5 Å². The van der Waals surface area contributed by atoms with Gasteiger partial charge >= 0.3 is 5.97 Å². The number of rotatable bonds is 5. The zero-order valence-electron chi connectivity index (χ0n) is 13.2. The molecule has 6 heteroatoms. The molecular formula is C16H23N3O3. The fourth-order valence-corrected chi connectivity index (χ4v) is 3.22. The lowest BCUT2D eigenvalue weighted by Gasteiger charge is -2.20. The van der Waals surface area contributed by atoms with Crippen LogP contribution in [0, 0.1) is 5.41 Å². The van der Waals surface area contributed by atoms with E-state index in [0.29, 0.717) is 24.4 Å². The normalized spacial score (nSPS) is 24.7. The van der Waals surface area contributed by atoms with E-state index in [2.05, 4.69) is 12.0 Å². The average molecular weight is 305 g/mol. The summed E-state index contributed by atoms with van der Waals surface area (Å²) in [4.78, 5) is 25.8. The maximum absolute atomic E-state index is 12.8. The molecule has 1 aliphatic heterocycles. The summed E-state index contributed by atoms with van der Waals surface area (Å²) in [5.74, 6) is -0.442. The highest BCUT2D eigenvalue weighted by atomic mass is 16.4. The van der Waals surface area contributed by atoms with E-state index >= 15 is 0 Å². The van der Waals surface area contributed by atoms with Crippen LogP contribution < -0.4 is 0 Å². The molecule has 1 saturated carbocycles. The van der Waals surface area contributed by atoms with Crippen LogP contribution in [-0.4, -0.2) is 44.8 Å². The van der Waals surface area contributed by atoms with E-state index in [1.165, 1.54) is 0 Å². The van der Waals surface area contributed by atoms with Gasteiger partial charge in [-0.2, -0.15) is 5.10 Å². The molecule has 1 amide bonds. The van der Waals surface area contributed by atoms with Gasteiger partial charge in [0.2, 0.25) is 0 Å². The average Bonchev–Trinajstić information content (AvgIpc) is 3.10. The van der Waals surface area contributed by atoms with Crippen molar-refractivity contribution >= 4 is 11.9 Å². The third-order valence-corrected chi connectivity index (χ3v) is 4.79. The van der Waals surface area contributed by atoms with Gasteiger partial charge in [0.15, 0.2) is 0 Å². The number of hydrogen-bond donors (Lipinski definition) is 1. The number of carboxylic acid groups (broad SMARTS) is 1. The van der Waals surface area contributed by atoms with E-state index < -0.39 is 11.4 Å². The van der Waals surface area contributed by atoms with Crippen molar-refractivity contribution in [1.82, 2.24) is 14.7 Å². The Kier molecular flexibility index (Phi) is 3.70. The zero-order valence-corrected chi connectivity index (χ0v) is 13.2. The molecule has 2 aliphatic rings. The van der Waals surface area contributed by atoms with Crippen LogP contribution in [-0.2, 0) is 11.3 Å². The molecule has 1 aromatic heterocycles. The third-order valence-electron chi connectivity index (χ3n) is 4.79. The second-order valence-electron chi connectivity index (χ2n) is 6.78. The molecule has 1 saturated heterocycles. The highest BCUT2D eigenvalue weighted by molar-refractivity contribution is 5.96. The molecule has 120 valence electrons. The van der Waals surface area contributed by atoms with Gasteiger partial charge in [-0.15, -0.1) is 0 Å². The summed E-state index contributed by atoms with van der Waals surface area (Å²) < 4.78 is 1.96. The number of nitrogens with zero attached hydrogens (tertiary/aromatic N) is 3. The number of aryl methyl sites for hydroxylation is 1. The van der Waals surface area contributed by atoms with Gasteiger partial charge < -0.3 is 10.0 Å². The smallest absolute Gasteiger partial charge is 0.311 e. The molecule has 1 N–H and O–H groups in total. The Labute approximate surface area is 130 Å². The van der Waals surface area contributed by atoms with Crippen LogP contribution in [0.1, 0.15) is 61.5 Å². The van der Waals surface area contributed by atoms with Crippen LogP contribution in [0.5, 0.6) is 0 Å². The monoisotopic (exact) mass is 305 g/mol. The number of likely N-dealkylation sites (tertiary alicyclic amines) is 1. The van der Waals surface area contributed by atoms with Crippen molar-refractivity contribution in [3.8, 4) is 0 Å². The summed E-state index contributed by atoms with van der Waals surface area (Å²) in [5, 5.41) is 13.7. The van der Waals surface area contributed by atoms with Crippen LogP contribution in [0.4, 0.5) is 0 Å². The number of carbonyl (C=O) groups excluding carboxylic acids is 1. The quantitative estimate of drug-likeness (QED) is 0.904. The Bertz CT molecular complexity index is 606. The minimum Gasteiger partial charge on any atom is -0.481 e. The molecule has 6 nitrogen and oxygen atoms in total. The highest BCUT2D eigenvalue weighted by Crippen LogP contribution is 2.42. The molecule has 22 heavy (non-hydrogen) atoms. The van der Waals surface area contributed by atoms with E-state index in [1.54, 1.807) is 18.0 Å². The molecule has 1 aliphatic carbocycles. The van der Waals surface area contributed by atoms with Gasteiger partial charge in [0, 0.05) is 25.6 Å². The molecule has 1 unspecified atom stereocenters. The van der Waals surface area contributed by atoms with Crippen molar-refractivity contribution in [1.29, 1.82) is 0 Å². The Morgan fingerprint density at radius 2 is 2.18 bits per heavy atom. The van der Waals surface area contributed by atoms with Crippen molar-refractivity contribution in [2.75, 3.05) is 13.1 Å². The summed E-state index contributed by atoms with van der Waals surface area (Å²) in [7, 11) is 0. The van der Waals surface area contributed by atoms with Crippen LogP contribution in [0.15, 0.2) is 6.20 Å². The first-order valence-corrected chi connectivity index (χ1v) is 8.04. The van der Waals surface area contributed by atoms with E-state index in [4.69, 9.17) is 0 Å². The topological polar surface area (TPSA) is 75.4 Å². The fraction of sp³-hybridized carbons (Fsp3) is 0.688. The van der Waals surface area contributed by atoms with E-state index in [-0.39, 0.29) is 12.5 Å². The summed E-state index contributed by atoms with van der Waals surface area (Å²) >= 11 is 0. The summed E-state index contributed by atoms with van der Waals surface area (Å²) in [6, 6.07) is 0. The molecule has 2 heterocycles. The van der Waals surface area contributed by atoms with E-state index in [0.717, 1.165) is 31.5 Å². The van der Waals surface area contributed by atoms with Gasteiger partial charge in [0.1, 0.15) is 0 Å². The van der Waals surface area contributed by atoms with Gasteiger partial charge in [0.05, 0.1) is 22.9 Å². The molecule has 0 bridgehead atoms.